The van der Waals surface area contributed by atoms with E-state index in [-0.39, 0.29) is 19.8 Å². The molecule has 2 aliphatic heterocycles. The minimum atomic E-state index is -0.919. The van der Waals surface area contributed by atoms with E-state index in [9.17, 15) is 4.79 Å². The van der Waals surface area contributed by atoms with Crippen molar-refractivity contribution in [3.8, 4) is 5.75 Å². The van der Waals surface area contributed by atoms with Gasteiger partial charge in [-0.3, -0.25) is 0 Å². The average molecular weight is 533 g/mol. The van der Waals surface area contributed by atoms with Crippen LogP contribution < -0.4 is 4.74 Å². The lowest BCUT2D eigenvalue weighted by molar-refractivity contribution is -0.364. The predicted octanol–water partition coefficient (Wildman–Crippen LogP) is 4.85. The second kappa shape index (κ2) is 13.0. The summed E-state index contributed by atoms with van der Waals surface area (Å²) >= 11 is 0. The van der Waals surface area contributed by atoms with Crippen molar-refractivity contribution in [2.75, 3.05) is 20.3 Å². The summed E-state index contributed by atoms with van der Waals surface area (Å²) in [4.78, 5) is 13.2. The molecule has 3 aromatic carbocycles. The zero-order chi connectivity index (χ0) is 27.0. The van der Waals surface area contributed by atoms with E-state index in [0.29, 0.717) is 5.56 Å². The van der Waals surface area contributed by atoms with Gasteiger partial charge in [-0.2, -0.15) is 0 Å². The topological polar surface area (TPSA) is 81.7 Å². The third kappa shape index (κ3) is 6.55. The number of carbonyl (C=O) groups is 1. The van der Waals surface area contributed by atoms with Gasteiger partial charge in [-0.1, -0.05) is 66.7 Å². The highest BCUT2D eigenvalue weighted by atomic mass is 16.8. The van der Waals surface area contributed by atoms with Gasteiger partial charge in [-0.05, 0) is 29.8 Å². The molecule has 204 valence electrons. The number of benzene rings is 3. The van der Waals surface area contributed by atoms with Gasteiger partial charge in [0.25, 0.3) is 0 Å². The van der Waals surface area contributed by atoms with Crippen LogP contribution in [0, 0.1) is 0 Å². The standard InChI is InChI=1S/C31H32O8/c1-3-18-34-31-28(38-29(32)22-12-8-5-9-13-22)27(35-19-21-10-6-4-7-11-21)26-25(37-31)20-36-30(39-26)23-14-16-24(33-2)17-15-23/h3-17,25-28,30-31H,1,18-20H2,2H3/t25-,26-,27+,28+,30-,31+/m1/s1. The first-order valence-corrected chi connectivity index (χ1v) is 12.9. The Balaban J connectivity index is 1.43. The lowest BCUT2D eigenvalue weighted by Crippen LogP contribution is -2.64. The molecular weight excluding hydrogens is 500 g/mol. The van der Waals surface area contributed by atoms with E-state index in [4.69, 9.17) is 33.2 Å². The molecule has 2 heterocycles. The first-order valence-electron chi connectivity index (χ1n) is 12.9. The maximum absolute atomic E-state index is 13.2. The largest absolute Gasteiger partial charge is 0.497 e. The van der Waals surface area contributed by atoms with Gasteiger partial charge in [0.15, 0.2) is 18.7 Å². The third-order valence-corrected chi connectivity index (χ3v) is 6.59. The van der Waals surface area contributed by atoms with Crippen molar-refractivity contribution < 1.29 is 38.0 Å². The van der Waals surface area contributed by atoms with Crippen molar-refractivity contribution in [3.63, 3.8) is 0 Å². The van der Waals surface area contributed by atoms with Gasteiger partial charge in [-0.25, -0.2) is 4.79 Å². The highest BCUT2D eigenvalue weighted by Crippen LogP contribution is 2.37. The number of rotatable bonds is 10. The van der Waals surface area contributed by atoms with Crippen molar-refractivity contribution in [3.05, 3.63) is 114 Å². The number of hydrogen-bond acceptors (Lipinski definition) is 8. The fourth-order valence-corrected chi connectivity index (χ4v) is 4.62. The van der Waals surface area contributed by atoms with Crippen LogP contribution >= 0.6 is 0 Å². The quantitative estimate of drug-likeness (QED) is 0.271. The van der Waals surface area contributed by atoms with Crippen LogP contribution in [0.4, 0.5) is 0 Å². The van der Waals surface area contributed by atoms with E-state index in [0.717, 1.165) is 16.9 Å². The number of ether oxygens (including phenoxy) is 7. The molecule has 39 heavy (non-hydrogen) atoms. The minimum Gasteiger partial charge on any atom is -0.497 e. The molecule has 2 fully saturated rings. The van der Waals surface area contributed by atoms with Crippen molar-refractivity contribution in [2.24, 2.45) is 0 Å². The molecule has 0 bridgehead atoms. The van der Waals surface area contributed by atoms with E-state index in [1.165, 1.54) is 0 Å². The maximum Gasteiger partial charge on any atom is 0.338 e. The van der Waals surface area contributed by atoms with Gasteiger partial charge in [0.05, 0.1) is 32.5 Å². The monoisotopic (exact) mass is 532 g/mol. The molecule has 0 aliphatic carbocycles. The van der Waals surface area contributed by atoms with Gasteiger partial charge in [0.2, 0.25) is 0 Å². The Morgan fingerprint density at radius 1 is 0.923 bits per heavy atom. The van der Waals surface area contributed by atoms with E-state index < -0.39 is 43.0 Å². The Bertz CT molecular complexity index is 1200. The van der Waals surface area contributed by atoms with Gasteiger partial charge in [-0.15, -0.1) is 6.58 Å². The normalized spacial score (nSPS) is 26.3. The second-order valence-corrected chi connectivity index (χ2v) is 9.20. The summed E-state index contributed by atoms with van der Waals surface area (Å²) in [5, 5.41) is 0. The molecule has 0 radical (unpaired) electrons. The van der Waals surface area contributed by atoms with Crippen molar-refractivity contribution in [2.45, 2.75) is 43.6 Å². The molecule has 2 aliphatic rings. The zero-order valence-electron chi connectivity index (χ0n) is 21.7. The maximum atomic E-state index is 13.2. The van der Waals surface area contributed by atoms with Crippen LogP contribution in [0.2, 0.25) is 0 Å². The first kappa shape index (κ1) is 27.1. The lowest BCUT2D eigenvalue weighted by Gasteiger charge is -2.48. The summed E-state index contributed by atoms with van der Waals surface area (Å²) in [6, 6.07) is 26.0. The SMILES string of the molecule is C=CCO[C@H]1O[C@@H]2CO[C@@H](c3ccc(OC)cc3)O[C@H]2[C@H](OCc2ccccc2)[C@@H]1OC(=O)c1ccccc1. The average Bonchev–Trinajstić information content (AvgIpc) is 3.00. The summed E-state index contributed by atoms with van der Waals surface area (Å²) in [6.07, 6.45) is -2.72. The number of esters is 1. The molecule has 0 saturated carbocycles. The Kier molecular flexibility index (Phi) is 9.03. The summed E-state index contributed by atoms with van der Waals surface area (Å²) in [7, 11) is 1.61. The first-order chi connectivity index (χ1) is 19.2. The van der Waals surface area contributed by atoms with E-state index in [2.05, 4.69) is 6.58 Å². The lowest BCUT2D eigenvalue weighted by atomic mass is 9.97. The molecule has 8 nitrogen and oxygen atoms in total. The van der Waals surface area contributed by atoms with E-state index in [1.54, 1.807) is 37.5 Å². The van der Waals surface area contributed by atoms with Crippen LogP contribution in [-0.4, -0.2) is 57.0 Å². The molecule has 0 spiro atoms. The predicted molar refractivity (Wildman–Crippen MR) is 142 cm³/mol. The molecule has 0 aromatic heterocycles. The third-order valence-electron chi connectivity index (χ3n) is 6.59. The van der Waals surface area contributed by atoms with Crippen molar-refractivity contribution >= 4 is 5.97 Å². The second-order valence-electron chi connectivity index (χ2n) is 9.20. The zero-order valence-corrected chi connectivity index (χ0v) is 21.7. The number of fused-ring (bicyclic) bond motifs is 1. The molecule has 2 saturated heterocycles. The molecule has 5 rings (SSSR count). The van der Waals surface area contributed by atoms with Crippen LogP contribution in [0.5, 0.6) is 5.75 Å². The summed E-state index contributed by atoms with van der Waals surface area (Å²) in [5.74, 6) is 0.217. The van der Waals surface area contributed by atoms with Crippen molar-refractivity contribution in [1.82, 2.24) is 0 Å². The molecule has 0 unspecified atom stereocenters. The summed E-state index contributed by atoms with van der Waals surface area (Å²) in [5.41, 5.74) is 2.20. The molecule has 6 atom stereocenters. The van der Waals surface area contributed by atoms with Crippen molar-refractivity contribution in [1.29, 1.82) is 0 Å². The highest BCUT2D eigenvalue weighted by Gasteiger charge is 2.53. The minimum absolute atomic E-state index is 0.197. The Hall–Kier alpha value is -3.53. The van der Waals surface area contributed by atoms with Gasteiger partial charge in [0, 0.05) is 5.56 Å². The Morgan fingerprint density at radius 2 is 1.64 bits per heavy atom. The van der Waals surface area contributed by atoms with E-state index >= 15 is 0 Å². The van der Waals surface area contributed by atoms with Gasteiger partial charge >= 0.3 is 5.97 Å². The Morgan fingerprint density at radius 3 is 2.33 bits per heavy atom. The smallest absolute Gasteiger partial charge is 0.338 e. The van der Waals surface area contributed by atoms with Crippen LogP contribution in [0.1, 0.15) is 27.8 Å². The fraction of sp³-hybridized carbons (Fsp3) is 0.323. The van der Waals surface area contributed by atoms with Crippen LogP contribution in [0.15, 0.2) is 97.6 Å². The number of methoxy groups -OCH3 is 1. The molecule has 8 heteroatoms. The molecule has 0 amide bonds. The summed E-state index contributed by atoms with van der Waals surface area (Å²) < 4.78 is 42.4. The Labute approximate surface area is 228 Å². The summed E-state index contributed by atoms with van der Waals surface area (Å²) in [6.45, 7) is 4.44. The fourth-order valence-electron chi connectivity index (χ4n) is 4.62. The molecule has 3 aromatic rings. The van der Waals surface area contributed by atoms with Gasteiger partial charge < -0.3 is 33.2 Å². The number of carbonyl (C=O) groups excluding carboxylic acids is 1. The van der Waals surface area contributed by atoms with Gasteiger partial charge in [0.1, 0.15) is 24.1 Å². The molecule has 0 N–H and O–H groups in total. The highest BCUT2D eigenvalue weighted by molar-refractivity contribution is 5.89. The van der Waals surface area contributed by atoms with E-state index in [1.807, 2.05) is 60.7 Å². The number of hydrogen-bond donors (Lipinski definition) is 0. The van der Waals surface area contributed by atoms with Crippen LogP contribution in [0.3, 0.4) is 0 Å². The molecular formula is C31H32O8. The van der Waals surface area contributed by atoms with Crippen LogP contribution in [0.25, 0.3) is 0 Å². The van der Waals surface area contributed by atoms with Crippen LogP contribution in [-0.2, 0) is 35.0 Å².